The van der Waals surface area contributed by atoms with Gasteiger partial charge in [0.25, 0.3) is 0 Å². The van der Waals surface area contributed by atoms with Crippen LogP contribution in [-0.4, -0.2) is 13.1 Å². The Balaban J connectivity index is 2.61. The molecule has 2 nitrogen and oxygen atoms in total. The molecule has 1 aromatic rings. The predicted octanol–water partition coefficient (Wildman–Crippen LogP) is 1.99. The highest BCUT2D eigenvalue weighted by molar-refractivity contribution is 5.48. The van der Waals surface area contributed by atoms with E-state index in [4.69, 9.17) is 5.73 Å². The molecular formula is C11H16N2. The van der Waals surface area contributed by atoms with Crippen molar-refractivity contribution >= 4 is 5.69 Å². The zero-order valence-corrected chi connectivity index (χ0v) is 7.82. The first-order valence-electron chi connectivity index (χ1n) is 4.53. The molecule has 0 amide bonds. The Morgan fingerprint density at radius 1 is 1.31 bits per heavy atom. The molecule has 13 heavy (non-hydrogen) atoms. The lowest BCUT2D eigenvalue weighted by molar-refractivity contribution is 0.815. The fourth-order valence-electron chi connectivity index (χ4n) is 1.21. The smallest absolute Gasteiger partial charge is 0.0405 e. The molecule has 0 aliphatic carbocycles. The number of hydrogen-bond acceptors (Lipinski definition) is 2. The molecule has 0 radical (unpaired) electrons. The average molecular weight is 176 g/mol. The predicted molar refractivity (Wildman–Crippen MR) is 57.7 cm³/mol. The summed E-state index contributed by atoms with van der Waals surface area (Å²) in [4.78, 5) is 2.10. The van der Waals surface area contributed by atoms with Gasteiger partial charge in [-0.1, -0.05) is 24.8 Å². The summed E-state index contributed by atoms with van der Waals surface area (Å²) in [6.07, 6.45) is 2.83. The average Bonchev–Trinajstić information content (AvgIpc) is 2.21. The molecule has 0 heterocycles. The monoisotopic (exact) mass is 176 g/mol. The van der Waals surface area contributed by atoms with Crippen molar-refractivity contribution in [1.29, 1.82) is 0 Å². The molecule has 0 aliphatic rings. The van der Waals surface area contributed by atoms with Crippen LogP contribution in [0.4, 0.5) is 5.69 Å². The molecule has 0 saturated heterocycles. The molecule has 1 aromatic carbocycles. The van der Waals surface area contributed by atoms with Crippen LogP contribution in [0.1, 0.15) is 6.42 Å². The summed E-state index contributed by atoms with van der Waals surface area (Å²) >= 11 is 0. The lowest BCUT2D eigenvalue weighted by atomic mass is 10.3. The first kappa shape index (κ1) is 9.81. The Kier molecular flexibility index (Phi) is 4.06. The topological polar surface area (TPSA) is 29.3 Å². The zero-order valence-electron chi connectivity index (χ0n) is 7.82. The molecule has 70 valence electrons. The largest absolute Gasteiger partial charge is 0.349 e. The van der Waals surface area contributed by atoms with Gasteiger partial charge in [-0.3, -0.25) is 0 Å². The van der Waals surface area contributed by atoms with Crippen LogP contribution in [0.15, 0.2) is 43.1 Å². The second-order valence-electron chi connectivity index (χ2n) is 2.85. The normalized spacial score (nSPS) is 9.62. The van der Waals surface area contributed by atoms with Gasteiger partial charge < -0.3 is 10.6 Å². The number of nitrogens with zero attached hydrogens (tertiary/aromatic N) is 1. The van der Waals surface area contributed by atoms with E-state index in [0.717, 1.165) is 19.5 Å². The lowest BCUT2D eigenvalue weighted by Crippen LogP contribution is -2.19. The van der Waals surface area contributed by atoms with E-state index in [-0.39, 0.29) is 0 Å². The summed E-state index contributed by atoms with van der Waals surface area (Å²) in [5.41, 5.74) is 6.62. The summed E-state index contributed by atoms with van der Waals surface area (Å²) in [6.45, 7) is 5.43. The van der Waals surface area contributed by atoms with Crippen molar-refractivity contribution in [2.24, 2.45) is 5.73 Å². The van der Waals surface area contributed by atoms with Gasteiger partial charge in [-0.15, -0.1) is 0 Å². The van der Waals surface area contributed by atoms with Crippen molar-refractivity contribution in [2.75, 3.05) is 18.0 Å². The lowest BCUT2D eigenvalue weighted by Gasteiger charge is -2.19. The SMILES string of the molecule is C=CN(CCCN)c1ccccc1. The van der Waals surface area contributed by atoms with Crippen molar-refractivity contribution in [2.45, 2.75) is 6.42 Å². The Morgan fingerprint density at radius 3 is 2.54 bits per heavy atom. The van der Waals surface area contributed by atoms with E-state index in [0.29, 0.717) is 0 Å². The third kappa shape index (κ3) is 2.92. The minimum Gasteiger partial charge on any atom is -0.349 e. The summed E-state index contributed by atoms with van der Waals surface area (Å²) in [5, 5.41) is 0. The second kappa shape index (κ2) is 5.38. The molecule has 1 rings (SSSR count). The number of para-hydroxylation sites is 1. The fraction of sp³-hybridized carbons (Fsp3) is 0.273. The molecule has 2 N–H and O–H groups in total. The van der Waals surface area contributed by atoms with Crippen molar-refractivity contribution in [1.82, 2.24) is 0 Å². The van der Waals surface area contributed by atoms with Crippen LogP contribution in [0.25, 0.3) is 0 Å². The van der Waals surface area contributed by atoms with Crippen LogP contribution >= 0.6 is 0 Å². The van der Waals surface area contributed by atoms with Gasteiger partial charge in [-0.05, 0) is 31.3 Å². The van der Waals surface area contributed by atoms with Gasteiger partial charge in [0.15, 0.2) is 0 Å². The van der Waals surface area contributed by atoms with Crippen molar-refractivity contribution < 1.29 is 0 Å². The first-order chi connectivity index (χ1) is 6.38. The van der Waals surface area contributed by atoms with Crippen LogP contribution in [-0.2, 0) is 0 Å². The van der Waals surface area contributed by atoms with E-state index in [1.807, 2.05) is 24.4 Å². The van der Waals surface area contributed by atoms with Gasteiger partial charge in [0.05, 0.1) is 0 Å². The van der Waals surface area contributed by atoms with E-state index in [1.54, 1.807) is 0 Å². The minimum absolute atomic E-state index is 0.719. The number of benzene rings is 1. The highest BCUT2D eigenvalue weighted by Crippen LogP contribution is 2.12. The summed E-state index contributed by atoms with van der Waals surface area (Å²) in [7, 11) is 0. The van der Waals surface area contributed by atoms with Gasteiger partial charge in [0.1, 0.15) is 0 Å². The number of nitrogens with two attached hydrogens (primary N) is 1. The molecule has 0 atom stereocenters. The molecule has 0 fully saturated rings. The van der Waals surface area contributed by atoms with E-state index in [9.17, 15) is 0 Å². The zero-order chi connectivity index (χ0) is 9.52. The number of rotatable bonds is 5. The van der Waals surface area contributed by atoms with Gasteiger partial charge in [0.2, 0.25) is 0 Å². The van der Waals surface area contributed by atoms with E-state index in [1.165, 1.54) is 5.69 Å². The molecule has 0 aromatic heterocycles. The van der Waals surface area contributed by atoms with Gasteiger partial charge in [-0.2, -0.15) is 0 Å². The Hall–Kier alpha value is -1.28. The Morgan fingerprint density at radius 2 is 2.00 bits per heavy atom. The quantitative estimate of drug-likeness (QED) is 0.743. The first-order valence-corrected chi connectivity index (χ1v) is 4.53. The Labute approximate surface area is 79.7 Å². The van der Waals surface area contributed by atoms with Crippen molar-refractivity contribution in [3.8, 4) is 0 Å². The van der Waals surface area contributed by atoms with Crippen LogP contribution in [0.5, 0.6) is 0 Å². The molecule has 0 unspecified atom stereocenters. The van der Waals surface area contributed by atoms with Crippen LogP contribution in [0.3, 0.4) is 0 Å². The number of hydrogen-bond donors (Lipinski definition) is 1. The fourth-order valence-corrected chi connectivity index (χ4v) is 1.21. The maximum absolute atomic E-state index is 5.45. The molecule has 0 spiro atoms. The third-order valence-corrected chi connectivity index (χ3v) is 1.91. The van der Waals surface area contributed by atoms with Crippen LogP contribution in [0, 0.1) is 0 Å². The summed E-state index contributed by atoms with van der Waals surface area (Å²) in [5.74, 6) is 0. The maximum atomic E-state index is 5.45. The molecule has 0 saturated carbocycles. The van der Waals surface area contributed by atoms with Crippen LogP contribution < -0.4 is 10.6 Å². The van der Waals surface area contributed by atoms with Crippen molar-refractivity contribution in [3.63, 3.8) is 0 Å². The van der Waals surface area contributed by atoms with Crippen molar-refractivity contribution in [3.05, 3.63) is 43.1 Å². The standard InChI is InChI=1S/C11H16N2/c1-2-13(10-6-9-12)11-7-4-3-5-8-11/h2-5,7-8H,1,6,9-10,12H2. The summed E-state index contributed by atoms with van der Waals surface area (Å²) < 4.78 is 0. The van der Waals surface area contributed by atoms with E-state index >= 15 is 0 Å². The second-order valence-corrected chi connectivity index (χ2v) is 2.85. The molecular weight excluding hydrogens is 160 g/mol. The maximum Gasteiger partial charge on any atom is 0.0405 e. The Bertz CT molecular complexity index is 244. The van der Waals surface area contributed by atoms with Crippen LogP contribution in [0.2, 0.25) is 0 Å². The van der Waals surface area contributed by atoms with E-state index < -0.39 is 0 Å². The third-order valence-electron chi connectivity index (χ3n) is 1.91. The van der Waals surface area contributed by atoms with Gasteiger partial charge >= 0.3 is 0 Å². The van der Waals surface area contributed by atoms with E-state index in [2.05, 4.69) is 23.6 Å². The summed E-state index contributed by atoms with van der Waals surface area (Å²) in [6, 6.07) is 10.2. The molecule has 0 bridgehead atoms. The highest BCUT2D eigenvalue weighted by atomic mass is 15.1. The highest BCUT2D eigenvalue weighted by Gasteiger charge is 1.99. The van der Waals surface area contributed by atoms with Gasteiger partial charge in [0, 0.05) is 12.2 Å². The van der Waals surface area contributed by atoms with Gasteiger partial charge in [-0.25, -0.2) is 0 Å². The molecule has 2 heteroatoms. The minimum atomic E-state index is 0.719. The molecule has 0 aliphatic heterocycles. The number of anilines is 1.